The van der Waals surface area contributed by atoms with Crippen molar-refractivity contribution in [1.82, 2.24) is 5.32 Å². The highest BCUT2D eigenvalue weighted by molar-refractivity contribution is 5.91. The molecular weight excluding hydrogens is 266 g/mol. The van der Waals surface area contributed by atoms with Gasteiger partial charge in [0.05, 0.1) is 6.10 Å². The van der Waals surface area contributed by atoms with Gasteiger partial charge >= 0.3 is 0 Å². The molecule has 0 aromatic carbocycles. The standard InChI is InChI=1S/C17H23NO3/c1-11-10-15(11)16-8-6-14(21-16)7-9-17(20)18-12-2-4-13(19)5-3-12/h6-9,11-13,15,19H,2-5,10H2,1H3,(H,18,20). The molecule has 21 heavy (non-hydrogen) atoms. The van der Waals surface area contributed by atoms with E-state index in [2.05, 4.69) is 12.2 Å². The molecule has 114 valence electrons. The fourth-order valence-electron chi connectivity index (χ4n) is 3.00. The van der Waals surface area contributed by atoms with Crippen LogP contribution in [0.25, 0.3) is 6.08 Å². The fourth-order valence-corrected chi connectivity index (χ4v) is 3.00. The highest BCUT2D eigenvalue weighted by atomic mass is 16.3. The normalized spacial score (nSPS) is 32.3. The van der Waals surface area contributed by atoms with Crippen LogP contribution in [0.1, 0.15) is 56.5 Å². The molecule has 2 aliphatic rings. The first-order valence-electron chi connectivity index (χ1n) is 7.88. The Morgan fingerprint density at radius 1 is 1.33 bits per heavy atom. The SMILES string of the molecule is CC1CC1c1ccc(C=CC(=O)NC2CCC(O)CC2)o1. The third-order valence-corrected chi connectivity index (χ3v) is 4.56. The van der Waals surface area contributed by atoms with Crippen molar-refractivity contribution in [3.63, 3.8) is 0 Å². The van der Waals surface area contributed by atoms with E-state index in [1.54, 1.807) is 6.08 Å². The molecule has 0 radical (unpaired) electrons. The summed E-state index contributed by atoms with van der Waals surface area (Å²) in [6.45, 7) is 2.22. The van der Waals surface area contributed by atoms with Crippen LogP contribution in [0.2, 0.25) is 0 Å². The van der Waals surface area contributed by atoms with Crippen LogP contribution >= 0.6 is 0 Å². The van der Waals surface area contributed by atoms with Gasteiger partial charge in [-0.2, -0.15) is 0 Å². The van der Waals surface area contributed by atoms with Crippen LogP contribution in [0.5, 0.6) is 0 Å². The lowest BCUT2D eigenvalue weighted by Gasteiger charge is -2.25. The summed E-state index contributed by atoms with van der Waals surface area (Å²) in [6, 6.07) is 4.11. The summed E-state index contributed by atoms with van der Waals surface area (Å²) in [5.41, 5.74) is 0. The number of rotatable bonds is 4. The van der Waals surface area contributed by atoms with Crippen molar-refractivity contribution in [2.45, 2.75) is 57.1 Å². The van der Waals surface area contributed by atoms with Gasteiger partial charge in [-0.3, -0.25) is 4.79 Å². The van der Waals surface area contributed by atoms with Crippen LogP contribution in [-0.2, 0) is 4.79 Å². The van der Waals surface area contributed by atoms with Gasteiger partial charge in [-0.25, -0.2) is 0 Å². The Labute approximate surface area is 125 Å². The van der Waals surface area contributed by atoms with Crippen LogP contribution in [0.15, 0.2) is 22.6 Å². The number of hydrogen-bond donors (Lipinski definition) is 2. The van der Waals surface area contributed by atoms with E-state index in [1.807, 2.05) is 12.1 Å². The minimum atomic E-state index is -0.194. The summed E-state index contributed by atoms with van der Waals surface area (Å²) in [7, 11) is 0. The summed E-state index contributed by atoms with van der Waals surface area (Å²) >= 11 is 0. The Morgan fingerprint density at radius 2 is 2.05 bits per heavy atom. The minimum Gasteiger partial charge on any atom is -0.461 e. The molecule has 2 fully saturated rings. The van der Waals surface area contributed by atoms with Gasteiger partial charge in [-0.15, -0.1) is 0 Å². The third-order valence-electron chi connectivity index (χ3n) is 4.56. The Kier molecular flexibility index (Phi) is 4.15. The highest BCUT2D eigenvalue weighted by Gasteiger charge is 2.36. The van der Waals surface area contributed by atoms with E-state index in [4.69, 9.17) is 4.42 Å². The molecule has 2 atom stereocenters. The third kappa shape index (κ3) is 3.76. The number of nitrogens with one attached hydrogen (secondary N) is 1. The van der Waals surface area contributed by atoms with E-state index in [0.29, 0.717) is 5.92 Å². The molecule has 2 unspecified atom stereocenters. The summed E-state index contributed by atoms with van der Waals surface area (Å²) in [4.78, 5) is 11.9. The van der Waals surface area contributed by atoms with E-state index >= 15 is 0 Å². The second kappa shape index (κ2) is 6.06. The first kappa shape index (κ1) is 14.4. The van der Waals surface area contributed by atoms with Crippen LogP contribution in [-0.4, -0.2) is 23.2 Å². The molecule has 1 aromatic heterocycles. The zero-order valence-electron chi connectivity index (χ0n) is 12.4. The first-order valence-corrected chi connectivity index (χ1v) is 7.88. The quantitative estimate of drug-likeness (QED) is 0.838. The molecule has 0 spiro atoms. The summed E-state index contributed by atoms with van der Waals surface area (Å²) in [5.74, 6) is 2.96. The monoisotopic (exact) mass is 289 g/mol. The Bertz CT molecular complexity index is 526. The fraction of sp³-hybridized carbons (Fsp3) is 0.588. The van der Waals surface area contributed by atoms with E-state index in [9.17, 15) is 9.90 Å². The molecule has 2 saturated carbocycles. The molecule has 1 amide bonds. The molecular formula is C17H23NO3. The number of hydrogen-bond acceptors (Lipinski definition) is 3. The number of aliphatic hydroxyl groups is 1. The lowest BCUT2D eigenvalue weighted by molar-refractivity contribution is -0.117. The predicted octanol–water partition coefficient (Wildman–Crippen LogP) is 2.84. The number of carbonyl (C=O) groups is 1. The molecule has 2 aliphatic carbocycles. The molecule has 1 heterocycles. The lowest BCUT2D eigenvalue weighted by atomic mass is 9.93. The maximum Gasteiger partial charge on any atom is 0.244 e. The van der Waals surface area contributed by atoms with Crippen molar-refractivity contribution in [3.05, 3.63) is 29.7 Å². The van der Waals surface area contributed by atoms with Crippen molar-refractivity contribution in [2.24, 2.45) is 5.92 Å². The number of aliphatic hydroxyl groups excluding tert-OH is 1. The molecule has 3 rings (SSSR count). The zero-order chi connectivity index (χ0) is 14.8. The Balaban J connectivity index is 1.48. The first-order chi connectivity index (χ1) is 10.1. The molecule has 0 saturated heterocycles. The smallest absolute Gasteiger partial charge is 0.244 e. The van der Waals surface area contributed by atoms with E-state index in [1.165, 1.54) is 12.5 Å². The average Bonchev–Trinajstić information content (AvgIpc) is 3.01. The van der Waals surface area contributed by atoms with E-state index in [0.717, 1.165) is 43.1 Å². The van der Waals surface area contributed by atoms with Gasteiger partial charge in [0.15, 0.2) is 0 Å². The lowest BCUT2D eigenvalue weighted by Crippen LogP contribution is -2.37. The average molecular weight is 289 g/mol. The van der Waals surface area contributed by atoms with Crippen LogP contribution in [0.4, 0.5) is 0 Å². The summed E-state index contributed by atoms with van der Waals surface area (Å²) < 4.78 is 5.73. The second-order valence-electron chi connectivity index (χ2n) is 6.41. The number of carbonyl (C=O) groups excluding carboxylic acids is 1. The zero-order valence-corrected chi connectivity index (χ0v) is 12.4. The van der Waals surface area contributed by atoms with Crippen molar-refractivity contribution in [3.8, 4) is 0 Å². The molecule has 4 heteroatoms. The van der Waals surface area contributed by atoms with Gasteiger partial charge in [-0.05, 0) is 56.2 Å². The van der Waals surface area contributed by atoms with E-state index < -0.39 is 0 Å². The molecule has 0 bridgehead atoms. The minimum absolute atomic E-state index is 0.0888. The summed E-state index contributed by atoms with van der Waals surface area (Å²) in [5, 5.41) is 12.4. The molecule has 4 nitrogen and oxygen atoms in total. The van der Waals surface area contributed by atoms with Crippen LogP contribution in [0.3, 0.4) is 0 Å². The van der Waals surface area contributed by atoms with Gasteiger partial charge in [0.25, 0.3) is 0 Å². The molecule has 1 aromatic rings. The predicted molar refractivity (Wildman–Crippen MR) is 80.7 cm³/mol. The van der Waals surface area contributed by atoms with Crippen molar-refractivity contribution in [1.29, 1.82) is 0 Å². The van der Waals surface area contributed by atoms with Gasteiger partial charge in [0, 0.05) is 18.0 Å². The molecule has 2 N–H and O–H groups in total. The number of amides is 1. The van der Waals surface area contributed by atoms with Crippen LogP contribution < -0.4 is 5.32 Å². The topological polar surface area (TPSA) is 62.5 Å². The largest absolute Gasteiger partial charge is 0.461 e. The van der Waals surface area contributed by atoms with Gasteiger partial charge in [0.1, 0.15) is 11.5 Å². The Hall–Kier alpha value is -1.55. The van der Waals surface area contributed by atoms with Crippen molar-refractivity contribution < 1.29 is 14.3 Å². The Morgan fingerprint density at radius 3 is 2.71 bits per heavy atom. The van der Waals surface area contributed by atoms with Gasteiger partial charge in [-0.1, -0.05) is 6.92 Å². The van der Waals surface area contributed by atoms with Crippen LogP contribution in [0, 0.1) is 5.92 Å². The van der Waals surface area contributed by atoms with Gasteiger partial charge < -0.3 is 14.8 Å². The maximum atomic E-state index is 11.9. The maximum absolute atomic E-state index is 11.9. The van der Waals surface area contributed by atoms with E-state index in [-0.39, 0.29) is 18.1 Å². The van der Waals surface area contributed by atoms with Gasteiger partial charge in [0.2, 0.25) is 5.91 Å². The van der Waals surface area contributed by atoms with Crippen molar-refractivity contribution >= 4 is 12.0 Å². The summed E-state index contributed by atoms with van der Waals surface area (Å²) in [6.07, 6.45) is 7.51. The van der Waals surface area contributed by atoms with Crippen molar-refractivity contribution in [2.75, 3.05) is 0 Å². The molecule has 0 aliphatic heterocycles. The highest BCUT2D eigenvalue weighted by Crippen LogP contribution is 2.47. The second-order valence-corrected chi connectivity index (χ2v) is 6.41. The number of furan rings is 1.